The summed E-state index contributed by atoms with van der Waals surface area (Å²) in [5, 5.41) is 58.7. The molecule has 32 heteroatoms. The lowest BCUT2D eigenvalue weighted by Crippen LogP contribution is -2.50. The molecule has 0 atom stereocenters. The van der Waals surface area contributed by atoms with Crippen LogP contribution in [0.4, 0.5) is 5.69 Å². The number of carboxylic acids is 5. The monoisotopic (exact) mass is 1470 g/mol. The van der Waals surface area contributed by atoms with Crippen LogP contribution in [0.5, 0.6) is 0 Å². The number of carbonyl (C=O) groups excluding carboxylic acids is 6. The predicted molar refractivity (Wildman–Crippen MR) is 315 cm³/mol. The lowest BCUT2D eigenvalue weighted by atomic mass is 10.1. The second-order valence-corrected chi connectivity index (χ2v) is 22.4. The number of hydrogen-bond donors (Lipinski definition) is 9. The molecule has 2 fully saturated rings. The van der Waals surface area contributed by atoms with Crippen molar-refractivity contribution in [3.05, 3.63) is 21.8 Å². The molecule has 9 N–H and O–H groups in total. The quantitative estimate of drug-likeness (QED) is 0.0341. The zero-order valence-electron chi connectivity index (χ0n) is 45.2. The normalized spacial score (nSPS) is 17.1. The summed E-state index contributed by atoms with van der Waals surface area (Å²) in [6, 6.07) is 0. The third-order valence-corrected chi connectivity index (χ3v) is 16.0. The maximum atomic E-state index is 14.0. The van der Waals surface area contributed by atoms with Crippen molar-refractivity contribution in [2.24, 2.45) is 0 Å². The third-order valence-electron chi connectivity index (χ3n) is 12.9. The number of rotatable bonds is 25. The zero-order chi connectivity index (χ0) is 59.6. The van der Waals surface area contributed by atoms with E-state index < -0.39 is 53.5 Å². The van der Waals surface area contributed by atoms with Crippen LogP contribution in [0.25, 0.3) is 0 Å². The van der Waals surface area contributed by atoms with Crippen molar-refractivity contribution >= 4 is 139 Å². The minimum atomic E-state index is -1.08. The van der Waals surface area contributed by atoms with Crippen LogP contribution >= 0.6 is 67.8 Å². The Kier molecular flexibility index (Phi) is 31.5. The van der Waals surface area contributed by atoms with Crippen molar-refractivity contribution in [3.63, 3.8) is 0 Å². The topological polar surface area (TPSA) is 366 Å². The van der Waals surface area contributed by atoms with Gasteiger partial charge in [-0.25, -0.2) is 0 Å². The van der Waals surface area contributed by atoms with Crippen molar-refractivity contribution in [1.82, 2.24) is 60.5 Å². The number of nitrogens with zero attached hydrogens (tertiary/aromatic N) is 9. The number of hydrogen-bond acceptors (Lipinski definition) is 19. The molecule has 2 saturated heterocycles. The first kappa shape index (κ1) is 69.7. The Labute approximate surface area is 504 Å². The summed E-state index contributed by atoms with van der Waals surface area (Å²) in [5.74, 6) is -7.83. The maximum Gasteiger partial charge on any atom is 0.317 e. The summed E-state index contributed by atoms with van der Waals surface area (Å²) < 4.78 is 1.01. The molecule has 2 aliphatic rings. The van der Waals surface area contributed by atoms with Crippen LogP contribution < -0.4 is 26.2 Å². The molecule has 0 radical (unpaired) electrons. The number of nitrogens with one attached hydrogen (secondary N) is 4. The van der Waals surface area contributed by atoms with Crippen LogP contribution in [0.15, 0.2) is 0 Å². The van der Waals surface area contributed by atoms with Gasteiger partial charge in [0.05, 0.1) is 76.3 Å². The molecule has 2 heterocycles. The van der Waals surface area contributed by atoms with E-state index in [4.69, 9.17) is 0 Å². The molecule has 0 aromatic heterocycles. The van der Waals surface area contributed by atoms with E-state index in [1.165, 1.54) is 25.8 Å². The van der Waals surface area contributed by atoms with E-state index >= 15 is 0 Å². The fourth-order valence-corrected chi connectivity index (χ4v) is 13.5. The Bertz CT molecular complexity index is 2170. The molecule has 0 unspecified atom stereocenters. The van der Waals surface area contributed by atoms with Gasteiger partial charge in [-0.1, -0.05) is 0 Å². The molecule has 5 amide bonds. The SMILES string of the molecule is CC(=O)CN1CCN(CC(=O)O)CCN(CC(=O)O)CCN(CC(=O)NCCNC(=O)c2c(I)c(C(=O)NCCNC(=O)CN3CCN(CC(=O)O)CCN(CC(=O)O)CCN(CC(=O)O)CC3)c(I)c(N(C)C(C)=O)c2I)CC1. The van der Waals surface area contributed by atoms with Gasteiger partial charge < -0.3 is 51.7 Å². The Hall–Kier alpha value is -4.54. The molecule has 1 aromatic rings. The van der Waals surface area contributed by atoms with Gasteiger partial charge in [-0.05, 0) is 74.7 Å². The molecule has 2 aliphatic heterocycles. The van der Waals surface area contributed by atoms with Crippen LogP contribution in [-0.2, 0) is 43.2 Å². The second kappa shape index (κ2) is 36.1. The number of amides is 5. The third kappa shape index (κ3) is 26.1. The fourth-order valence-electron chi connectivity index (χ4n) is 8.65. The summed E-state index contributed by atoms with van der Waals surface area (Å²) >= 11 is 5.77. The molecule has 0 saturated carbocycles. The van der Waals surface area contributed by atoms with E-state index in [2.05, 4.69) is 21.3 Å². The number of Topliss-reactive ketones (excluding diaryl/α,β-unsaturated/α-hetero) is 1. The highest BCUT2D eigenvalue weighted by Gasteiger charge is 2.31. The van der Waals surface area contributed by atoms with Gasteiger partial charge in [0.25, 0.3) is 11.8 Å². The first-order valence-electron chi connectivity index (χ1n) is 25.7. The van der Waals surface area contributed by atoms with Crippen LogP contribution in [0.1, 0.15) is 34.6 Å². The molecule has 0 aliphatic carbocycles. The van der Waals surface area contributed by atoms with Crippen LogP contribution in [0.3, 0.4) is 0 Å². The van der Waals surface area contributed by atoms with Gasteiger partial charge in [-0.2, -0.15) is 0 Å². The number of aliphatic carboxylic acids is 5. The first-order chi connectivity index (χ1) is 37.7. The molecular formula is C48H74I3N13O16. The van der Waals surface area contributed by atoms with E-state index in [0.717, 1.165) is 0 Å². The molecule has 29 nitrogen and oxygen atoms in total. The van der Waals surface area contributed by atoms with Gasteiger partial charge in [0.2, 0.25) is 17.7 Å². The summed E-state index contributed by atoms with van der Waals surface area (Å²) in [5.41, 5.74) is 0.489. The minimum Gasteiger partial charge on any atom is -0.480 e. The van der Waals surface area contributed by atoms with Crippen molar-refractivity contribution < 1.29 is 78.3 Å². The molecule has 448 valence electrons. The van der Waals surface area contributed by atoms with Crippen molar-refractivity contribution in [3.8, 4) is 0 Å². The highest BCUT2D eigenvalue weighted by molar-refractivity contribution is 14.1. The predicted octanol–water partition coefficient (Wildman–Crippen LogP) is -3.37. The van der Waals surface area contributed by atoms with Gasteiger partial charge in [0.1, 0.15) is 5.78 Å². The number of anilines is 1. The lowest BCUT2D eigenvalue weighted by molar-refractivity contribution is -0.140. The highest BCUT2D eigenvalue weighted by Crippen LogP contribution is 2.37. The molecule has 1 aromatic carbocycles. The van der Waals surface area contributed by atoms with Gasteiger partial charge >= 0.3 is 29.8 Å². The van der Waals surface area contributed by atoms with E-state index in [1.807, 2.05) is 77.6 Å². The number of ketones is 1. The number of carboxylic acid groups (broad SMARTS) is 5. The average molecular weight is 1470 g/mol. The highest BCUT2D eigenvalue weighted by atomic mass is 127. The van der Waals surface area contributed by atoms with Crippen LogP contribution in [0.2, 0.25) is 0 Å². The average Bonchev–Trinajstić information content (AvgIpc) is 3.34. The van der Waals surface area contributed by atoms with Gasteiger partial charge in [-0.3, -0.25) is 91.9 Å². The number of benzene rings is 1. The van der Waals surface area contributed by atoms with Crippen molar-refractivity contribution in [2.45, 2.75) is 13.8 Å². The van der Waals surface area contributed by atoms with Crippen molar-refractivity contribution in [2.75, 3.05) is 195 Å². The molecule has 0 bridgehead atoms. The standard InChI is InChI=1S/C48H74I3N13O16/c1-32(65)24-57-8-10-58(11-15-61(28-37(71)72)19-18-60(14-9-57)27-36(69)70)25-34(67)52-4-6-54-47(79)41-43(49)42(45(51)46(44(41)50)56(3)33(2)66)48(80)55-7-5-53-35(68)26-59-12-16-62(29-38(73)74)20-22-64(31-40(77)78)23-21-63(17-13-59)30-39(75)76/h4-31H2,1-3H3,(H,52,67)(H,53,68)(H,54,79)(H,55,80)(H,69,70)(H,71,72)(H,73,74)(H,75,76)(H,77,78). The van der Waals surface area contributed by atoms with E-state index in [1.54, 1.807) is 29.4 Å². The minimum absolute atomic E-state index is 0.00461. The summed E-state index contributed by atoms with van der Waals surface area (Å²) in [6.45, 7) is 5.23. The van der Waals surface area contributed by atoms with E-state index in [9.17, 15) is 78.3 Å². The van der Waals surface area contributed by atoms with E-state index in [-0.39, 0.29) is 183 Å². The Morgan fingerprint density at radius 1 is 0.375 bits per heavy atom. The number of halogens is 3. The zero-order valence-corrected chi connectivity index (χ0v) is 51.7. The first-order valence-corrected chi connectivity index (χ1v) is 28.9. The van der Waals surface area contributed by atoms with Crippen molar-refractivity contribution in [1.29, 1.82) is 0 Å². The Morgan fingerprint density at radius 3 is 0.825 bits per heavy atom. The lowest BCUT2D eigenvalue weighted by Gasteiger charge is -2.33. The summed E-state index contributed by atoms with van der Waals surface area (Å²) in [7, 11) is 1.50. The molecule has 0 spiro atoms. The molecular weight excluding hydrogens is 1400 g/mol. The molecule has 80 heavy (non-hydrogen) atoms. The maximum absolute atomic E-state index is 14.0. The number of carbonyl (C=O) groups is 11. The second-order valence-electron chi connectivity index (χ2n) is 19.2. The Balaban J connectivity index is 1.69. The van der Waals surface area contributed by atoms with Gasteiger partial charge in [-0.15, -0.1) is 0 Å². The summed E-state index contributed by atoms with van der Waals surface area (Å²) in [4.78, 5) is 153. The van der Waals surface area contributed by atoms with E-state index in [0.29, 0.717) is 39.0 Å². The van der Waals surface area contributed by atoms with Gasteiger partial charge in [0.15, 0.2) is 0 Å². The smallest absolute Gasteiger partial charge is 0.317 e. The fraction of sp³-hybridized carbons (Fsp3) is 0.646. The Morgan fingerprint density at radius 2 is 0.600 bits per heavy atom. The van der Waals surface area contributed by atoms with Gasteiger partial charge in [0, 0.05) is 148 Å². The molecule has 3 rings (SSSR count). The largest absolute Gasteiger partial charge is 0.480 e. The summed E-state index contributed by atoms with van der Waals surface area (Å²) in [6.07, 6.45) is 0. The van der Waals surface area contributed by atoms with Crippen LogP contribution in [0, 0.1) is 10.7 Å². The van der Waals surface area contributed by atoms with Crippen LogP contribution in [-0.4, -0.2) is 320 Å².